The third kappa shape index (κ3) is 5.20. The van der Waals surface area contributed by atoms with Gasteiger partial charge in [-0.25, -0.2) is 0 Å². The van der Waals surface area contributed by atoms with Crippen LogP contribution >= 0.6 is 22.6 Å². The second-order valence-electron chi connectivity index (χ2n) is 5.99. The highest BCUT2D eigenvalue weighted by atomic mass is 127. The molecule has 3 nitrogen and oxygen atoms in total. The van der Waals surface area contributed by atoms with Crippen LogP contribution in [-0.4, -0.2) is 49.3 Å². The fraction of sp³-hybridized carbons (Fsp3) is 0.647. The number of nitrogens with zero attached hydrogens (tertiary/aromatic N) is 1. The molecule has 1 fully saturated rings. The number of hydrogen-bond acceptors (Lipinski definition) is 3. The average molecular weight is 402 g/mol. The van der Waals surface area contributed by atoms with Gasteiger partial charge in [0.2, 0.25) is 0 Å². The van der Waals surface area contributed by atoms with Gasteiger partial charge in [0.15, 0.2) is 0 Å². The Morgan fingerprint density at radius 2 is 2.05 bits per heavy atom. The lowest BCUT2D eigenvalue weighted by Crippen LogP contribution is -2.54. The van der Waals surface area contributed by atoms with Gasteiger partial charge < -0.3 is 10.1 Å². The van der Waals surface area contributed by atoms with Crippen molar-refractivity contribution < 1.29 is 4.74 Å². The van der Waals surface area contributed by atoms with Crippen LogP contribution in [0.5, 0.6) is 0 Å². The molecule has 0 amide bonds. The summed E-state index contributed by atoms with van der Waals surface area (Å²) < 4.78 is 7.35. The number of benzene rings is 1. The van der Waals surface area contributed by atoms with Crippen molar-refractivity contribution in [1.29, 1.82) is 0 Å². The Balaban J connectivity index is 2.01. The predicted octanol–water partition coefficient (Wildman–Crippen LogP) is 2.92. The summed E-state index contributed by atoms with van der Waals surface area (Å²) in [7, 11) is 0. The summed E-state index contributed by atoms with van der Waals surface area (Å²) >= 11 is 2.35. The number of ether oxygens (including phenoxy) is 1. The number of likely N-dealkylation sites (N-methyl/N-ethyl adjacent to an activating group) is 1. The molecule has 2 atom stereocenters. The molecule has 4 heteroatoms. The first-order valence-corrected chi connectivity index (χ1v) is 9.01. The van der Waals surface area contributed by atoms with E-state index in [4.69, 9.17) is 4.74 Å². The first-order chi connectivity index (χ1) is 10.1. The molecule has 21 heavy (non-hydrogen) atoms. The van der Waals surface area contributed by atoms with Crippen molar-refractivity contribution >= 4 is 22.6 Å². The molecule has 0 aromatic heterocycles. The molecule has 1 aliphatic heterocycles. The molecular weight excluding hydrogens is 375 g/mol. The van der Waals surface area contributed by atoms with Crippen molar-refractivity contribution in [3.8, 4) is 0 Å². The van der Waals surface area contributed by atoms with E-state index in [1.807, 2.05) is 0 Å². The molecule has 1 N–H and O–H groups in total. The lowest BCUT2D eigenvalue weighted by atomic mass is 9.99. The Labute approximate surface area is 142 Å². The van der Waals surface area contributed by atoms with Gasteiger partial charge in [-0.3, -0.25) is 4.90 Å². The Morgan fingerprint density at radius 1 is 1.33 bits per heavy atom. The summed E-state index contributed by atoms with van der Waals surface area (Å²) in [6, 6.07) is 9.81. The average Bonchev–Trinajstić information content (AvgIpc) is 2.49. The minimum absolute atomic E-state index is 0.278. The van der Waals surface area contributed by atoms with Crippen LogP contribution in [0.1, 0.15) is 26.3 Å². The molecule has 1 aliphatic rings. The van der Waals surface area contributed by atoms with Crippen LogP contribution in [0.3, 0.4) is 0 Å². The van der Waals surface area contributed by atoms with E-state index in [0.29, 0.717) is 12.1 Å². The Morgan fingerprint density at radius 3 is 2.67 bits per heavy atom. The zero-order chi connectivity index (χ0) is 15.2. The number of halogens is 1. The summed E-state index contributed by atoms with van der Waals surface area (Å²) in [5, 5.41) is 3.62. The van der Waals surface area contributed by atoms with E-state index >= 15 is 0 Å². The summed E-state index contributed by atoms with van der Waals surface area (Å²) in [4.78, 5) is 2.52. The van der Waals surface area contributed by atoms with E-state index in [1.54, 1.807) is 0 Å². The first-order valence-electron chi connectivity index (χ1n) is 7.93. The maximum absolute atomic E-state index is 6.06. The number of rotatable bonds is 6. The first kappa shape index (κ1) is 17.2. The minimum atomic E-state index is 0.278. The predicted molar refractivity (Wildman–Crippen MR) is 96.8 cm³/mol. The van der Waals surface area contributed by atoms with Gasteiger partial charge in [-0.1, -0.05) is 19.1 Å². The molecule has 0 aliphatic carbocycles. The maximum atomic E-state index is 6.06. The van der Waals surface area contributed by atoms with Crippen molar-refractivity contribution in [3.63, 3.8) is 0 Å². The van der Waals surface area contributed by atoms with Gasteiger partial charge in [0.25, 0.3) is 0 Å². The van der Waals surface area contributed by atoms with Crippen LogP contribution in [0, 0.1) is 3.57 Å². The Hall–Kier alpha value is -0.170. The van der Waals surface area contributed by atoms with Gasteiger partial charge >= 0.3 is 0 Å². The molecule has 0 saturated carbocycles. The molecule has 2 rings (SSSR count). The fourth-order valence-electron chi connectivity index (χ4n) is 2.88. The zero-order valence-electron chi connectivity index (χ0n) is 13.3. The van der Waals surface area contributed by atoms with E-state index in [2.05, 4.69) is 77.8 Å². The number of hydrogen-bond donors (Lipinski definition) is 1. The smallest absolute Gasteiger partial charge is 0.0858 e. The summed E-state index contributed by atoms with van der Waals surface area (Å²) in [6.45, 7) is 10.6. The highest BCUT2D eigenvalue weighted by Gasteiger charge is 2.28. The van der Waals surface area contributed by atoms with Gasteiger partial charge in [-0.15, -0.1) is 0 Å². The molecule has 118 valence electrons. The molecular formula is C17H27IN2O. The van der Waals surface area contributed by atoms with Gasteiger partial charge in [0.05, 0.1) is 12.7 Å². The maximum Gasteiger partial charge on any atom is 0.0858 e. The van der Waals surface area contributed by atoms with Crippen LogP contribution in [0.25, 0.3) is 0 Å². The van der Waals surface area contributed by atoms with Crippen LogP contribution in [0.2, 0.25) is 0 Å². The minimum Gasteiger partial charge on any atom is -0.374 e. The van der Waals surface area contributed by atoms with Gasteiger partial charge in [0.1, 0.15) is 0 Å². The topological polar surface area (TPSA) is 24.5 Å². The normalized spacial score (nSPS) is 21.7. The van der Waals surface area contributed by atoms with Crippen LogP contribution in [0.15, 0.2) is 24.3 Å². The molecule has 1 heterocycles. The monoisotopic (exact) mass is 402 g/mol. The highest BCUT2D eigenvalue weighted by Crippen LogP contribution is 2.16. The standard InChI is InChI=1S/C17H27IN2O/c1-4-19-16(11-14-5-7-15(18)8-6-14)17-12-20(13(2)3)9-10-21-17/h5-8,13,16-17,19H,4,9-12H2,1-3H3. The zero-order valence-corrected chi connectivity index (χ0v) is 15.5. The number of nitrogens with one attached hydrogen (secondary N) is 1. The van der Waals surface area contributed by atoms with Crippen molar-refractivity contribution in [1.82, 2.24) is 10.2 Å². The SMILES string of the molecule is CCNC(Cc1ccc(I)cc1)C1CN(C(C)C)CCO1. The van der Waals surface area contributed by atoms with E-state index in [9.17, 15) is 0 Å². The highest BCUT2D eigenvalue weighted by molar-refractivity contribution is 14.1. The quantitative estimate of drug-likeness (QED) is 0.741. The van der Waals surface area contributed by atoms with Gasteiger partial charge in [-0.2, -0.15) is 0 Å². The second-order valence-corrected chi connectivity index (χ2v) is 7.24. The molecule has 1 saturated heterocycles. The fourth-order valence-corrected chi connectivity index (χ4v) is 3.24. The second kappa shape index (κ2) is 8.46. The molecule has 2 unspecified atom stereocenters. The summed E-state index contributed by atoms with van der Waals surface area (Å²) in [5.41, 5.74) is 1.38. The van der Waals surface area contributed by atoms with Crippen molar-refractivity contribution in [3.05, 3.63) is 33.4 Å². The van der Waals surface area contributed by atoms with Gasteiger partial charge in [-0.05, 0) is 67.1 Å². The molecule has 0 spiro atoms. The molecule has 1 aromatic carbocycles. The lowest BCUT2D eigenvalue weighted by Gasteiger charge is -2.39. The van der Waals surface area contributed by atoms with Crippen molar-refractivity contribution in [2.24, 2.45) is 0 Å². The number of morpholine rings is 1. The van der Waals surface area contributed by atoms with E-state index < -0.39 is 0 Å². The van der Waals surface area contributed by atoms with E-state index in [0.717, 1.165) is 32.7 Å². The lowest BCUT2D eigenvalue weighted by molar-refractivity contribution is -0.0550. The van der Waals surface area contributed by atoms with Crippen LogP contribution < -0.4 is 5.32 Å². The third-order valence-electron chi connectivity index (χ3n) is 4.14. The van der Waals surface area contributed by atoms with E-state index in [1.165, 1.54) is 9.13 Å². The van der Waals surface area contributed by atoms with E-state index in [-0.39, 0.29) is 6.10 Å². The van der Waals surface area contributed by atoms with Crippen LogP contribution in [0.4, 0.5) is 0 Å². The molecule has 0 radical (unpaired) electrons. The summed E-state index contributed by atoms with van der Waals surface area (Å²) in [6.07, 6.45) is 1.31. The third-order valence-corrected chi connectivity index (χ3v) is 4.86. The van der Waals surface area contributed by atoms with Gasteiger partial charge in [0, 0.05) is 28.7 Å². The Kier molecular flexibility index (Phi) is 6.92. The summed E-state index contributed by atoms with van der Waals surface area (Å²) in [5.74, 6) is 0. The van der Waals surface area contributed by atoms with Crippen molar-refractivity contribution in [2.45, 2.75) is 45.4 Å². The molecule has 0 bridgehead atoms. The van der Waals surface area contributed by atoms with Crippen molar-refractivity contribution in [2.75, 3.05) is 26.2 Å². The largest absolute Gasteiger partial charge is 0.374 e. The van der Waals surface area contributed by atoms with Crippen LogP contribution in [-0.2, 0) is 11.2 Å². The molecule has 1 aromatic rings. The Bertz CT molecular complexity index is 421.